The predicted octanol–water partition coefficient (Wildman–Crippen LogP) is 1.31. The van der Waals surface area contributed by atoms with Gasteiger partial charge in [0.1, 0.15) is 7.85 Å². The topological polar surface area (TPSA) is 23.8 Å². The first-order chi connectivity index (χ1) is 5.22. The molecular formula is C8H5BBrN. The minimum atomic E-state index is 0.406. The Morgan fingerprint density at radius 3 is 2.73 bits per heavy atom. The molecule has 1 aromatic carbocycles. The zero-order valence-electron chi connectivity index (χ0n) is 5.84. The largest absolute Gasteiger partial charge is 0.198 e. The molecule has 0 atom stereocenters. The highest BCUT2D eigenvalue weighted by Crippen LogP contribution is 2.09. The van der Waals surface area contributed by atoms with E-state index in [0.29, 0.717) is 11.9 Å². The van der Waals surface area contributed by atoms with Crippen LogP contribution in [0.1, 0.15) is 5.56 Å². The van der Waals surface area contributed by atoms with Crippen LogP contribution in [-0.2, 0) is 6.42 Å². The van der Waals surface area contributed by atoms with E-state index in [1.807, 2.05) is 6.07 Å². The van der Waals surface area contributed by atoms with Crippen LogP contribution in [0.4, 0.5) is 0 Å². The monoisotopic (exact) mass is 205 g/mol. The van der Waals surface area contributed by atoms with Crippen molar-refractivity contribution < 1.29 is 0 Å². The molecule has 0 heterocycles. The normalized spacial score (nSPS) is 9.09. The molecular weight excluding hydrogens is 201 g/mol. The lowest BCUT2D eigenvalue weighted by molar-refractivity contribution is 1.26. The van der Waals surface area contributed by atoms with Crippen molar-refractivity contribution in [1.29, 1.82) is 5.26 Å². The summed E-state index contributed by atoms with van der Waals surface area (Å²) in [5, 5.41) is 8.40. The fourth-order valence-corrected chi connectivity index (χ4v) is 1.43. The molecule has 0 amide bonds. The SMILES string of the molecule is [B]c1cc(Br)cc(CC#N)c1. The van der Waals surface area contributed by atoms with Gasteiger partial charge < -0.3 is 0 Å². The Kier molecular flexibility index (Phi) is 2.73. The lowest BCUT2D eigenvalue weighted by Crippen LogP contribution is -2.02. The van der Waals surface area contributed by atoms with Crippen LogP contribution in [0, 0.1) is 11.3 Å². The van der Waals surface area contributed by atoms with E-state index in [2.05, 4.69) is 22.0 Å². The number of nitriles is 1. The van der Waals surface area contributed by atoms with Crippen molar-refractivity contribution in [1.82, 2.24) is 0 Å². The Hall–Kier alpha value is -0.745. The van der Waals surface area contributed by atoms with Gasteiger partial charge in [0.2, 0.25) is 0 Å². The van der Waals surface area contributed by atoms with E-state index in [9.17, 15) is 0 Å². The molecule has 1 rings (SSSR count). The molecule has 0 bridgehead atoms. The summed E-state index contributed by atoms with van der Waals surface area (Å²) in [4.78, 5) is 0. The molecule has 0 aliphatic rings. The first-order valence-electron chi connectivity index (χ1n) is 3.14. The van der Waals surface area contributed by atoms with Gasteiger partial charge in [0.25, 0.3) is 0 Å². The predicted molar refractivity (Wildman–Crippen MR) is 48.8 cm³/mol. The molecule has 0 aromatic heterocycles. The first kappa shape index (κ1) is 8.35. The number of nitrogens with zero attached hydrogens (tertiary/aromatic N) is 1. The average molecular weight is 206 g/mol. The van der Waals surface area contributed by atoms with Gasteiger partial charge in [-0.05, 0) is 11.6 Å². The molecule has 1 aromatic rings. The van der Waals surface area contributed by atoms with E-state index in [4.69, 9.17) is 13.1 Å². The van der Waals surface area contributed by atoms with E-state index in [1.54, 1.807) is 12.1 Å². The molecule has 0 N–H and O–H groups in total. The van der Waals surface area contributed by atoms with E-state index in [-0.39, 0.29) is 0 Å². The zero-order valence-corrected chi connectivity index (χ0v) is 7.43. The van der Waals surface area contributed by atoms with E-state index in [0.717, 1.165) is 10.0 Å². The second-order valence-electron chi connectivity index (χ2n) is 2.23. The summed E-state index contributed by atoms with van der Waals surface area (Å²) in [6, 6.07) is 7.56. The van der Waals surface area contributed by atoms with Gasteiger partial charge in [0.15, 0.2) is 0 Å². The Labute approximate surface area is 75.6 Å². The van der Waals surface area contributed by atoms with Crippen LogP contribution in [0.2, 0.25) is 0 Å². The summed E-state index contributed by atoms with van der Waals surface area (Å²) in [7, 11) is 5.55. The molecule has 52 valence electrons. The Morgan fingerprint density at radius 2 is 2.18 bits per heavy atom. The minimum absolute atomic E-state index is 0.406. The Bertz CT molecular complexity index is 283. The summed E-state index contributed by atoms with van der Waals surface area (Å²) in [6.07, 6.45) is 0.406. The number of halogens is 1. The molecule has 3 heteroatoms. The summed E-state index contributed by atoms with van der Waals surface area (Å²) in [5.41, 5.74) is 1.63. The van der Waals surface area contributed by atoms with Gasteiger partial charge in [0.05, 0.1) is 12.5 Å². The van der Waals surface area contributed by atoms with Gasteiger partial charge in [-0.25, -0.2) is 0 Å². The highest BCUT2D eigenvalue weighted by atomic mass is 79.9. The van der Waals surface area contributed by atoms with Crippen LogP contribution in [0.5, 0.6) is 0 Å². The van der Waals surface area contributed by atoms with Gasteiger partial charge in [0, 0.05) is 4.47 Å². The molecule has 2 radical (unpaired) electrons. The zero-order chi connectivity index (χ0) is 8.27. The van der Waals surface area contributed by atoms with Gasteiger partial charge in [-0.15, -0.1) is 0 Å². The third-order valence-corrected chi connectivity index (χ3v) is 1.72. The maximum atomic E-state index is 8.40. The quantitative estimate of drug-likeness (QED) is 0.635. The lowest BCUT2D eigenvalue weighted by atomic mass is 9.94. The smallest absolute Gasteiger partial charge is 0.113 e. The summed E-state index contributed by atoms with van der Waals surface area (Å²) in [6.45, 7) is 0. The third-order valence-electron chi connectivity index (χ3n) is 1.26. The lowest BCUT2D eigenvalue weighted by Gasteiger charge is -1.98. The summed E-state index contributed by atoms with van der Waals surface area (Å²) in [5.74, 6) is 0. The molecule has 0 saturated heterocycles. The van der Waals surface area contributed by atoms with Crippen LogP contribution < -0.4 is 5.46 Å². The van der Waals surface area contributed by atoms with Crippen molar-refractivity contribution in [3.05, 3.63) is 28.2 Å². The van der Waals surface area contributed by atoms with Gasteiger partial charge in [-0.2, -0.15) is 5.26 Å². The van der Waals surface area contributed by atoms with Gasteiger partial charge in [-0.1, -0.05) is 33.5 Å². The van der Waals surface area contributed by atoms with Crippen LogP contribution in [-0.4, -0.2) is 7.85 Å². The molecule has 0 fully saturated rings. The second-order valence-corrected chi connectivity index (χ2v) is 3.14. The minimum Gasteiger partial charge on any atom is -0.198 e. The Morgan fingerprint density at radius 1 is 1.45 bits per heavy atom. The van der Waals surface area contributed by atoms with Crippen LogP contribution in [0.15, 0.2) is 22.7 Å². The molecule has 0 saturated carbocycles. The Balaban J connectivity index is 3.01. The molecule has 0 spiro atoms. The van der Waals surface area contributed by atoms with Crippen molar-refractivity contribution in [2.45, 2.75) is 6.42 Å². The number of hydrogen-bond donors (Lipinski definition) is 0. The van der Waals surface area contributed by atoms with E-state index < -0.39 is 0 Å². The fourth-order valence-electron chi connectivity index (χ4n) is 0.869. The number of benzene rings is 1. The average Bonchev–Trinajstić information content (AvgIpc) is 1.85. The van der Waals surface area contributed by atoms with Crippen molar-refractivity contribution in [3.8, 4) is 6.07 Å². The van der Waals surface area contributed by atoms with E-state index >= 15 is 0 Å². The number of rotatable bonds is 1. The summed E-state index contributed by atoms with van der Waals surface area (Å²) < 4.78 is 0.919. The molecule has 0 aliphatic carbocycles. The molecule has 0 aliphatic heterocycles. The highest BCUT2D eigenvalue weighted by molar-refractivity contribution is 9.10. The van der Waals surface area contributed by atoms with Crippen LogP contribution in [0.25, 0.3) is 0 Å². The summed E-state index contributed by atoms with van der Waals surface area (Å²) >= 11 is 3.29. The first-order valence-corrected chi connectivity index (χ1v) is 3.93. The van der Waals surface area contributed by atoms with Gasteiger partial charge >= 0.3 is 0 Å². The maximum Gasteiger partial charge on any atom is 0.113 e. The number of hydrogen-bond acceptors (Lipinski definition) is 1. The fraction of sp³-hybridized carbons (Fsp3) is 0.125. The van der Waals surface area contributed by atoms with Crippen LogP contribution >= 0.6 is 15.9 Å². The maximum absolute atomic E-state index is 8.40. The van der Waals surface area contributed by atoms with Crippen molar-refractivity contribution in [2.24, 2.45) is 0 Å². The van der Waals surface area contributed by atoms with Crippen molar-refractivity contribution >= 4 is 29.2 Å². The highest BCUT2D eigenvalue weighted by Gasteiger charge is 1.94. The van der Waals surface area contributed by atoms with Crippen molar-refractivity contribution in [3.63, 3.8) is 0 Å². The second kappa shape index (κ2) is 3.59. The third kappa shape index (κ3) is 2.40. The molecule has 11 heavy (non-hydrogen) atoms. The molecule has 1 nitrogen and oxygen atoms in total. The molecule has 0 unspecified atom stereocenters. The van der Waals surface area contributed by atoms with Gasteiger partial charge in [-0.3, -0.25) is 0 Å². The van der Waals surface area contributed by atoms with Crippen LogP contribution in [0.3, 0.4) is 0 Å². The van der Waals surface area contributed by atoms with Crippen molar-refractivity contribution in [2.75, 3.05) is 0 Å². The standard InChI is InChI=1S/C8H5BBrN/c9-7-3-6(1-2-11)4-8(10)5-7/h3-5H,1H2. The van der Waals surface area contributed by atoms with E-state index in [1.165, 1.54) is 0 Å².